The van der Waals surface area contributed by atoms with Gasteiger partial charge in [-0.3, -0.25) is 24.0 Å². The summed E-state index contributed by atoms with van der Waals surface area (Å²) in [5, 5.41) is 16.1. The fourth-order valence-electron chi connectivity index (χ4n) is 2.69. The number of primary amides is 2. The molecule has 0 aromatic carbocycles. The van der Waals surface area contributed by atoms with Crippen molar-refractivity contribution >= 4 is 35.5 Å². The van der Waals surface area contributed by atoms with Gasteiger partial charge in [0.05, 0.1) is 18.9 Å². The third-order valence-electron chi connectivity index (χ3n) is 4.66. The molecule has 0 fully saturated rings. The smallest absolute Gasteiger partial charge is 0.326 e. The summed E-state index contributed by atoms with van der Waals surface area (Å²) in [6.45, 7) is 3.69. The molecule has 0 spiro atoms. The number of nitrogens with two attached hydrogens (primary N) is 4. The van der Waals surface area contributed by atoms with Gasteiger partial charge in [0.2, 0.25) is 29.5 Å². The van der Waals surface area contributed by atoms with Crippen LogP contribution in [0.1, 0.15) is 46.0 Å². The van der Waals surface area contributed by atoms with E-state index in [9.17, 15) is 33.9 Å². The molecule has 0 aliphatic carbocycles. The summed E-state index contributed by atoms with van der Waals surface area (Å²) in [5.74, 6) is -6.18. The highest BCUT2D eigenvalue weighted by Crippen LogP contribution is 2.05. The van der Waals surface area contributed by atoms with E-state index >= 15 is 0 Å². The molecule has 0 radical (unpaired) electrons. The van der Waals surface area contributed by atoms with Gasteiger partial charge in [0.15, 0.2) is 0 Å². The van der Waals surface area contributed by atoms with E-state index in [0.717, 1.165) is 0 Å². The number of carbonyl (C=O) groups excluding carboxylic acids is 5. The Kier molecular flexibility index (Phi) is 13.3. The molecule has 0 aliphatic heterocycles. The van der Waals surface area contributed by atoms with E-state index in [1.54, 1.807) is 13.8 Å². The van der Waals surface area contributed by atoms with Crippen LogP contribution in [0.5, 0.6) is 0 Å². The largest absolute Gasteiger partial charge is 0.480 e. The van der Waals surface area contributed by atoms with Gasteiger partial charge in [-0.05, 0) is 31.7 Å². The quantitative estimate of drug-likeness (QED) is 0.103. The lowest BCUT2D eigenvalue weighted by molar-refractivity contribution is -0.142. The maximum Gasteiger partial charge on any atom is 0.326 e. The molecule has 0 saturated heterocycles. The molecule has 188 valence electrons. The molecule has 4 atom stereocenters. The zero-order valence-electron chi connectivity index (χ0n) is 18.8. The second-order valence-corrected chi connectivity index (χ2v) is 7.92. The number of unbranched alkanes of at least 4 members (excludes halogenated alkanes) is 1. The lowest BCUT2D eigenvalue weighted by Crippen LogP contribution is -2.58. The highest BCUT2D eigenvalue weighted by molar-refractivity contribution is 5.97. The van der Waals surface area contributed by atoms with Crippen molar-refractivity contribution in [2.45, 2.75) is 70.1 Å². The van der Waals surface area contributed by atoms with Crippen molar-refractivity contribution in [3.8, 4) is 0 Å². The number of nitrogens with one attached hydrogen (secondary N) is 3. The molecule has 0 aromatic rings. The summed E-state index contributed by atoms with van der Waals surface area (Å²) < 4.78 is 0. The third kappa shape index (κ3) is 11.8. The Morgan fingerprint density at radius 2 is 1.18 bits per heavy atom. The first-order valence-electron chi connectivity index (χ1n) is 10.5. The molecule has 4 unspecified atom stereocenters. The minimum atomic E-state index is -1.56. The molecule has 12 N–H and O–H groups in total. The monoisotopic (exact) mass is 473 g/mol. The Morgan fingerprint density at radius 3 is 1.55 bits per heavy atom. The summed E-state index contributed by atoms with van der Waals surface area (Å²) in [6.07, 6.45) is -0.236. The van der Waals surface area contributed by atoms with Gasteiger partial charge in [0, 0.05) is 0 Å². The maximum absolute atomic E-state index is 12.7. The Morgan fingerprint density at radius 1 is 0.758 bits per heavy atom. The van der Waals surface area contributed by atoms with Gasteiger partial charge in [-0.25, -0.2) is 4.79 Å². The molecule has 14 nitrogen and oxygen atoms in total. The standard InChI is InChI=1S/C19H35N7O7/c1-9(2)15(23)18(31)26-12(8-14(22)28)17(30)25-11(7-13(21)27)16(29)24-10(19(32)33)5-3-4-6-20/h9-12,15H,3-8,20,23H2,1-2H3,(H2,21,27)(H2,22,28)(H,24,29)(H,25,30)(H,26,31)(H,32,33). The zero-order valence-corrected chi connectivity index (χ0v) is 18.8. The highest BCUT2D eigenvalue weighted by atomic mass is 16.4. The first-order chi connectivity index (χ1) is 15.3. The van der Waals surface area contributed by atoms with Gasteiger partial charge in [0.1, 0.15) is 18.1 Å². The molecule has 0 rings (SSSR count). The van der Waals surface area contributed by atoms with E-state index in [0.29, 0.717) is 19.4 Å². The zero-order chi connectivity index (χ0) is 25.7. The van der Waals surface area contributed by atoms with Crippen molar-refractivity contribution in [2.75, 3.05) is 6.54 Å². The van der Waals surface area contributed by atoms with Crippen LogP contribution in [-0.2, 0) is 28.8 Å². The molecule has 0 heterocycles. The van der Waals surface area contributed by atoms with E-state index in [2.05, 4.69) is 16.0 Å². The van der Waals surface area contributed by atoms with Gasteiger partial charge in [-0.15, -0.1) is 0 Å². The van der Waals surface area contributed by atoms with E-state index < -0.39 is 72.5 Å². The van der Waals surface area contributed by atoms with Crippen LogP contribution >= 0.6 is 0 Å². The van der Waals surface area contributed by atoms with Crippen molar-refractivity contribution in [1.29, 1.82) is 0 Å². The van der Waals surface area contributed by atoms with Crippen LogP contribution in [0.25, 0.3) is 0 Å². The summed E-state index contributed by atoms with van der Waals surface area (Å²) in [6, 6.07) is -5.32. The number of amides is 5. The van der Waals surface area contributed by atoms with Crippen molar-refractivity contribution < 1.29 is 33.9 Å². The Balaban J connectivity index is 5.50. The first kappa shape index (κ1) is 29.7. The lowest BCUT2D eigenvalue weighted by Gasteiger charge is -2.24. The van der Waals surface area contributed by atoms with Crippen LogP contribution in [0.3, 0.4) is 0 Å². The summed E-state index contributed by atoms with van der Waals surface area (Å²) >= 11 is 0. The molecule has 0 aliphatic rings. The third-order valence-corrected chi connectivity index (χ3v) is 4.66. The van der Waals surface area contributed by atoms with Crippen LogP contribution in [0.2, 0.25) is 0 Å². The normalized spacial score (nSPS) is 14.5. The molecule has 0 aromatic heterocycles. The van der Waals surface area contributed by atoms with Crippen molar-refractivity contribution in [3.63, 3.8) is 0 Å². The molecular formula is C19H35N7O7. The topological polar surface area (TPSA) is 263 Å². The van der Waals surface area contributed by atoms with Crippen molar-refractivity contribution in [1.82, 2.24) is 16.0 Å². The Labute approximate surface area is 191 Å². The summed E-state index contributed by atoms with van der Waals surface area (Å²) in [4.78, 5) is 71.8. The minimum Gasteiger partial charge on any atom is -0.480 e. The number of carboxylic acids is 1. The number of aliphatic carboxylic acids is 1. The SMILES string of the molecule is CC(C)C(N)C(=O)NC(CC(N)=O)C(=O)NC(CC(N)=O)C(=O)NC(CCCCN)C(=O)O. The lowest BCUT2D eigenvalue weighted by atomic mass is 10.0. The van der Waals surface area contributed by atoms with E-state index in [1.807, 2.05) is 0 Å². The molecule has 33 heavy (non-hydrogen) atoms. The van der Waals surface area contributed by atoms with Gasteiger partial charge >= 0.3 is 5.97 Å². The second-order valence-electron chi connectivity index (χ2n) is 7.92. The highest BCUT2D eigenvalue weighted by Gasteiger charge is 2.32. The maximum atomic E-state index is 12.7. The number of rotatable bonds is 16. The van der Waals surface area contributed by atoms with Gasteiger partial charge in [-0.1, -0.05) is 13.8 Å². The van der Waals surface area contributed by atoms with E-state index in [4.69, 9.17) is 22.9 Å². The van der Waals surface area contributed by atoms with Crippen LogP contribution in [-0.4, -0.2) is 71.3 Å². The van der Waals surface area contributed by atoms with Gasteiger partial charge < -0.3 is 44.0 Å². The number of carbonyl (C=O) groups is 6. The van der Waals surface area contributed by atoms with Crippen LogP contribution in [0, 0.1) is 5.92 Å². The van der Waals surface area contributed by atoms with Crippen molar-refractivity contribution in [2.24, 2.45) is 28.9 Å². The van der Waals surface area contributed by atoms with E-state index in [1.165, 1.54) is 0 Å². The predicted octanol–water partition coefficient (Wildman–Crippen LogP) is -3.61. The Bertz CT molecular complexity index is 729. The minimum absolute atomic E-state index is 0.0724. The molecule has 14 heteroatoms. The van der Waals surface area contributed by atoms with E-state index in [-0.39, 0.29) is 12.3 Å². The van der Waals surface area contributed by atoms with Crippen LogP contribution in [0.4, 0.5) is 0 Å². The summed E-state index contributed by atoms with van der Waals surface area (Å²) in [7, 11) is 0. The average Bonchev–Trinajstić information content (AvgIpc) is 2.70. The summed E-state index contributed by atoms with van der Waals surface area (Å²) in [5.41, 5.74) is 21.4. The van der Waals surface area contributed by atoms with Crippen LogP contribution in [0.15, 0.2) is 0 Å². The second kappa shape index (κ2) is 14.7. The fraction of sp³-hybridized carbons (Fsp3) is 0.684. The molecule has 5 amide bonds. The average molecular weight is 474 g/mol. The first-order valence-corrected chi connectivity index (χ1v) is 10.5. The number of hydrogen-bond donors (Lipinski definition) is 8. The van der Waals surface area contributed by atoms with Gasteiger partial charge in [0.25, 0.3) is 0 Å². The molecular weight excluding hydrogens is 438 g/mol. The van der Waals surface area contributed by atoms with Gasteiger partial charge in [-0.2, -0.15) is 0 Å². The molecule has 0 bridgehead atoms. The number of carboxylic acid groups (broad SMARTS) is 1. The molecule has 0 saturated carbocycles. The van der Waals surface area contributed by atoms with Crippen LogP contribution < -0.4 is 38.9 Å². The van der Waals surface area contributed by atoms with Crippen molar-refractivity contribution in [3.05, 3.63) is 0 Å². The Hall–Kier alpha value is -3.26. The number of hydrogen-bond acceptors (Lipinski definition) is 8. The fourth-order valence-corrected chi connectivity index (χ4v) is 2.69. The predicted molar refractivity (Wildman–Crippen MR) is 117 cm³/mol.